The van der Waals surface area contributed by atoms with Gasteiger partial charge in [0, 0.05) is 19.3 Å². The lowest BCUT2D eigenvalue weighted by atomic mass is 9.97. The molecule has 0 saturated heterocycles. The molecule has 2 rings (SSSR count). The standard InChI is InChI=1S/C21H27N/c1-6-13-22(5)21-12-11-19-14-18(9-10-20(19)15-21)16(4)17(7-2)8-3/h7,9-12,14-15H,2,6,8,13H2,1,3-5H3/b17-16-. The van der Waals surface area contributed by atoms with Crippen LogP contribution in [0.2, 0.25) is 0 Å². The summed E-state index contributed by atoms with van der Waals surface area (Å²) in [4.78, 5) is 2.31. The summed E-state index contributed by atoms with van der Waals surface area (Å²) in [7, 11) is 2.16. The van der Waals surface area contributed by atoms with E-state index in [1.165, 1.54) is 39.6 Å². The molecule has 0 atom stereocenters. The molecule has 2 aromatic carbocycles. The van der Waals surface area contributed by atoms with Gasteiger partial charge in [-0.15, -0.1) is 0 Å². The van der Waals surface area contributed by atoms with Gasteiger partial charge in [0.1, 0.15) is 0 Å². The molecule has 116 valence electrons. The number of allylic oxidation sites excluding steroid dienone is 3. The van der Waals surface area contributed by atoms with Gasteiger partial charge in [-0.25, -0.2) is 0 Å². The summed E-state index contributed by atoms with van der Waals surface area (Å²) < 4.78 is 0. The lowest BCUT2D eigenvalue weighted by Crippen LogP contribution is -2.17. The predicted octanol–water partition coefficient (Wildman–Crippen LogP) is 6.06. The normalized spacial score (nSPS) is 12.2. The van der Waals surface area contributed by atoms with Crippen molar-refractivity contribution >= 4 is 22.0 Å². The van der Waals surface area contributed by atoms with E-state index in [9.17, 15) is 0 Å². The van der Waals surface area contributed by atoms with Gasteiger partial charge in [0.25, 0.3) is 0 Å². The minimum atomic E-state index is 1.02. The van der Waals surface area contributed by atoms with Crippen molar-refractivity contribution in [1.82, 2.24) is 0 Å². The van der Waals surface area contributed by atoms with Gasteiger partial charge < -0.3 is 4.90 Å². The average Bonchev–Trinajstić information content (AvgIpc) is 2.55. The SMILES string of the molecule is C=C/C(CC)=C(\C)c1ccc2cc(N(C)CCC)ccc2c1. The van der Waals surface area contributed by atoms with Gasteiger partial charge in [-0.3, -0.25) is 0 Å². The number of nitrogens with zero attached hydrogens (tertiary/aromatic N) is 1. The first kappa shape index (κ1) is 16.4. The van der Waals surface area contributed by atoms with Crippen LogP contribution in [0.3, 0.4) is 0 Å². The van der Waals surface area contributed by atoms with Gasteiger partial charge in [0.05, 0.1) is 0 Å². The molecule has 0 saturated carbocycles. The first-order valence-electron chi connectivity index (χ1n) is 8.18. The van der Waals surface area contributed by atoms with Gasteiger partial charge in [0.2, 0.25) is 0 Å². The zero-order chi connectivity index (χ0) is 16.1. The Bertz CT molecular complexity index is 694. The number of hydrogen-bond donors (Lipinski definition) is 0. The Morgan fingerprint density at radius 3 is 2.41 bits per heavy atom. The molecule has 1 heteroatoms. The molecule has 0 aliphatic rings. The van der Waals surface area contributed by atoms with Crippen molar-refractivity contribution in [1.29, 1.82) is 0 Å². The molecule has 0 fully saturated rings. The zero-order valence-electron chi connectivity index (χ0n) is 14.3. The van der Waals surface area contributed by atoms with E-state index in [1.807, 2.05) is 6.08 Å². The summed E-state index contributed by atoms with van der Waals surface area (Å²) in [6.07, 6.45) is 4.16. The monoisotopic (exact) mass is 293 g/mol. The highest BCUT2D eigenvalue weighted by Gasteiger charge is 2.05. The number of fused-ring (bicyclic) bond motifs is 1. The largest absolute Gasteiger partial charge is 0.375 e. The molecule has 0 radical (unpaired) electrons. The molecular formula is C21H27N. The van der Waals surface area contributed by atoms with Crippen LogP contribution >= 0.6 is 0 Å². The highest BCUT2D eigenvalue weighted by Crippen LogP contribution is 2.27. The second-order valence-corrected chi connectivity index (χ2v) is 5.88. The van der Waals surface area contributed by atoms with Gasteiger partial charge in [-0.2, -0.15) is 0 Å². The van der Waals surface area contributed by atoms with Crippen LogP contribution in [0.15, 0.2) is 54.6 Å². The maximum absolute atomic E-state index is 3.93. The predicted molar refractivity (Wildman–Crippen MR) is 101 cm³/mol. The summed E-state index contributed by atoms with van der Waals surface area (Å²) in [6, 6.07) is 13.5. The van der Waals surface area contributed by atoms with Crippen LogP contribution in [-0.4, -0.2) is 13.6 Å². The molecule has 0 heterocycles. The topological polar surface area (TPSA) is 3.24 Å². The minimum Gasteiger partial charge on any atom is -0.375 e. The Balaban J connectivity index is 2.43. The van der Waals surface area contributed by atoms with Crippen molar-refractivity contribution in [2.24, 2.45) is 0 Å². The Morgan fingerprint density at radius 2 is 1.77 bits per heavy atom. The van der Waals surface area contributed by atoms with Crippen molar-refractivity contribution in [3.05, 3.63) is 60.2 Å². The summed E-state index contributed by atoms with van der Waals surface area (Å²) in [5.41, 5.74) is 5.22. The first-order chi connectivity index (χ1) is 10.6. The fourth-order valence-electron chi connectivity index (χ4n) is 2.92. The summed E-state index contributed by atoms with van der Waals surface area (Å²) in [5.74, 6) is 0. The third kappa shape index (κ3) is 3.41. The summed E-state index contributed by atoms with van der Waals surface area (Å²) in [5, 5.41) is 2.60. The van der Waals surface area contributed by atoms with Crippen LogP contribution in [0.5, 0.6) is 0 Å². The van der Waals surface area contributed by atoms with E-state index in [-0.39, 0.29) is 0 Å². The molecule has 0 aromatic heterocycles. The van der Waals surface area contributed by atoms with E-state index < -0.39 is 0 Å². The molecule has 0 amide bonds. The fraction of sp³-hybridized carbons (Fsp3) is 0.333. The van der Waals surface area contributed by atoms with Crippen LogP contribution in [0.1, 0.15) is 39.2 Å². The number of anilines is 1. The molecule has 0 aliphatic carbocycles. The van der Waals surface area contributed by atoms with E-state index in [1.54, 1.807) is 0 Å². The van der Waals surface area contributed by atoms with Crippen LogP contribution in [-0.2, 0) is 0 Å². The highest BCUT2D eigenvalue weighted by atomic mass is 15.1. The van der Waals surface area contributed by atoms with Crippen molar-refractivity contribution in [2.75, 3.05) is 18.5 Å². The molecular weight excluding hydrogens is 266 g/mol. The number of hydrogen-bond acceptors (Lipinski definition) is 1. The number of rotatable bonds is 6. The van der Waals surface area contributed by atoms with E-state index in [0.29, 0.717) is 0 Å². The maximum Gasteiger partial charge on any atom is 0.0370 e. The average molecular weight is 293 g/mol. The molecule has 0 unspecified atom stereocenters. The van der Waals surface area contributed by atoms with Gasteiger partial charge in [0.15, 0.2) is 0 Å². The third-order valence-electron chi connectivity index (χ3n) is 4.37. The Labute approximate surface area is 135 Å². The minimum absolute atomic E-state index is 1.02. The molecule has 1 nitrogen and oxygen atoms in total. The zero-order valence-corrected chi connectivity index (χ0v) is 14.3. The van der Waals surface area contributed by atoms with E-state index in [0.717, 1.165) is 13.0 Å². The lowest BCUT2D eigenvalue weighted by molar-refractivity contribution is 0.853. The molecule has 0 N–H and O–H groups in total. The Morgan fingerprint density at radius 1 is 1.09 bits per heavy atom. The molecule has 0 aliphatic heterocycles. The van der Waals surface area contributed by atoms with Gasteiger partial charge in [-0.05, 0) is 65.4 Å². The second kappa shape index (κ2) is 7.31. The van der Waals surface area contributed by atoms with Crippen molar-refractivity contribution in [3.8, 4) is 0 Å². The third-order valence-corrected chi connectivity index (χ3v) is 4.37. The Kier molecular flexibility index (Phi) is 5.43. The van der Waals surface area contributed by atoms with Crippen molar-refractivity contribution in [3.63, 3.8) is 0 Å². The molecule has 0 spiro atoms. The van der Waals surface area contributed by atoms with Crippen LogP contribution in [0, 0.1) is 0 Å². The number of benzene rings is 2. The van der Waals surface area contributed by atoms with Gasteiger partial charge >= 0.3 is 0 Å². The fourth-order valence-corrected chi connectivity index (χ4v) is 2.92. The second-order valence-electron chi connectivity index (χ2n) is 5.88. The smallest absolute Gasteiger partial charge is 0.0370 e. The molecule has 22 heavy (non-hydrogen) atoms. The maximum atomic E-state index is 3.93. The van der Waals surface area contributed by atoms with E-state index in [4.69, 9.17) is 0 Å². The summed E-state index contributed by atoms with van der Waals surface area (Å²) >= 11 is 0. The van der Waals surface area contributed by atoms with E-state index in [2.05, 4.69) is 75.7 Å². The highest BCUT2D eigenvalue weighted by molar-refractivity contribution is 5.89. The molecule has 2 aromatic rings. The van der Waals surface area contributed by atoms with E-state index >= 15 is 0 Å². The molecule has 0 bridgehead atoms. The summed E-state index contributed by atoms with van der Waals surface area (Å²) in [6.45, 7) is 11.6. The first-order valence-corrected chi connectivity index (χ1v) is 8.18. The van der Waals surface area contributed by atoms with Crippen LogP contribution in [0.4, 0.5) is 5.69 Å². The van der Waals surface area contributed by atoms with Gasteiger partial charge in [-0.1, -0.05) is 44.7 Å². The Hall–Kier alpha value is -2.02. The lowest BCUT2D eigenvalue weighted by Gasteiger charge is -2.19. The quantitative estimate of drug-likeness (QED) is 0.585. The van der Waals surface area contributed by atoms with Crippen molar-refractivity contribution in [2.45, 2.75) is 33.6 Å². The van der Waals surface area contributed by atoms with Crippen LogP contribution < -0.4 is 4.90 Å². The van der Waals surface area contributed by atoms with Crippen LogP contribution in [0.25, 0.3) is 16.3 Å². The van der Waals surface area contributed by atoms with Crippen molar-refractivity contribution < 1.29 is 0 Å².